The van der Waals surface area contributed by atoms with Gasteiger partial charge in [0, 0.05) is 27.6 Å². The number of thioether (sulfide) groups is 2. The number of nitrogens with zero attached hydrogens (tertiary/aromatic N) is 3. The number of fused-ring (bicyclic) bond motifs is 1. The molecule has 4 aliphatic rings. The van der Waals surface area contributed by atoms with E-state index in [0.29, 0.717) is 17.0 Å². The second-order valence-corrected chi connectivity index (χ2v) is 17.8. The molecule has 286 valence electrons. The smallest absolute Gasteiger partial charge is 0.356 e. The van der Waals surface area contributed by atoms with Gasteiger partial charge >= 0.3 is 5.97 Å². The lowest BCUT2D eigenvalue weighted by Crippen LogP contribution is -2.70. The standard InChI is InChI=1S/C38H44N6O7S3/c1-23(33(46)42-51-38(2,3)4)52-20-26-21-53-35-30(41-29(45)19-27-22-54(37(39)40-27)43-50-28-17-11-12-18-28)34(47)44(35)31(26)36(48)49-32(24-13-7-5-8-14-24)25-15-9-6-10-16-25/h5-11,13-17,22-23,28,30,32,35H,12,18-21H2,1-4H3,(H2,39,40)(H,41,45)(H,42,46). The predicted molar refractivity (Wildman–Crippen MR) is 211 cm³/mol. The van der Waals surface area contributed by atoms with Crippen LogP contribution in [-0.4, -0.2) is 73.6 Å². The molecular formula is C38H44N6O7S3. The van der Waals surface area contributed by atoms with E-state index in [4.69, 9.17) is 20.1 Å². The maximum Gasteiger partial charge on any atom is 0.356 e. The van der Waals surface area contributed by atoms with Crippen molar-refractivity contribution < 1.29 is 33.6 Å². The molecule has 5 unspecified atom stereocenters. The van der Waals surface area contributed by atoms with Gasteiger partial charge in [-0.1, -0.05) is 77.3 Å². The van der Waals surface area contributed by atoms with Gasteiger partial charge in [0.1, 0.15) is 23.2 Å². The van der Waals surface area contributed by atoms with Gasteiger partial charge in [0.15, 0.2) is 11.3 Å². The fraction of sp³-hybridized carbons (Fsp3) is 0.395. The molecule has 16 heteroatoms. The number of amides is 3. The summed E-state index contributed by atoms with van der Waals surface area (Å²) in [5.74, 6) is -1.20. The molecule has 3 heterocycles. The summed E-state index contributed by atoms with van der Waals surface area (Å²) in [7, 11) is -0.906. The Labute approximate surface area is 325 Å². The number of nitrogens with two attached hydrogens (primary N) is 1. The van der Waals surface area contributed by atoms with Gasteiger partial charge < -0.3 is 15.8 Å². The number of carbonyl (C=O) groups excluding carboxylic acids is 4. The molecule has 1 aliphatic carbocycles. The molecule has 0 saturated carbocycles. The molecule has 1 fully saturated rings. The van der Waals surface area contributed by atoms with E-state index in [-0.39, 0.29) is 35.0 Å². The minimum atomic E-state index is -0.906. The lowest BCUT2D eigenvalue weighted by atomic mass is 10.0. The average Bonchev–Trinajstić information content (AvgIpc) is 3.81. The van der Waals surface area contributed by atoms with Crippen molar-refractivity contribution in [3.8, 4) is 0 Å². The number of nitrogens with one attached hydrogen (secondary N) is 2. The van der Waals surface area contributed by atoms with Gasteiger partial charge in [-0.05, 0) is 57.2 Å². The molecular weight excluding hydrogens is 749 g/mol. The summed E-state index contributed by atoms with van der Waals surface area (Å²) in [6.45, 7) is 7.23. The zero-order valence-electron chi connectivity index (χ0n) is 30.4. The van der Waals surface area contributed by atoms with Crippen molar-refractivity contribution in [3.05, 3.63) is 106 Å². The van der Waals surface area contributed by atoms with Crippen LogP contribution in [0.1, 0.15) is 64.2 Å². The van der Waals surface area contributed by atoms with Gasteiger partial charge in [-0.2, -0.15) is 0 Å². The Kier molecular flexibility index (Phi) is 12.8. The van der Waals surface area contributed by atoms with Crippen molar-refractivity contribution in [1.29, 1.82) is 0 Å². The number of hydrogen-bond donors (Lipinski definition) is 3. The largest absolute Gasteiger partial charge is 0.448 e. The molecule has 3 aliphatic heterocycles. The molecule has 3 amide bonds. The van der Waals surface area contributed by atoms with E-state index < -0.39 is 56.8 Å². The third-order valence-corrected chi connectivity index (χ3v) is 12.4. The van der Waals surface area contributed by atoms with Crippen LogP contribution in [-0.2, 0) is 44.3 Å². The van der Waals surface area contributed by atoms with Crippen molar-refractivity contribution >= 4 is 63.1 Å². The van der Waals surface area contributed by atoms with Crippen LogP contribution in [0.4, 0.5) is 0 Å². The van der Waals surface area contributed by atoms with Crippen LogP contribution in [0.15, 0.2) is 105 Å². The van der Waals surface area contributed by atoms with Gasteiger partial charge in [0.2, 0.25) is 5.91 Å². The normalized spacial score (nSPS) is 22.8. The summed E-state index contributed by atoms with van der Waals surface area (Å²) in [6, 6.07) is 17.9. The number of β-lactam (4-membered cyclic amide) rings is 1. The number of aliphatic imine (C=N–C) groups is 1. The van der Waals surface area contributed by atoms with E-state index in [1.807, 2.05) is 93.6 Å². The zero-order valence-corrected chi connectivity index (χ0v) is 32.9. The molecule has 0 radical (unpaired) electrons. The number of hydrogen-bond acceptors (Lipinski definition) is 12. The van der Waals surface area contributed by atoms with Crippen molar-refractivity contribution in [3.63, 3.8) is 0 Å². The first-order chi connectivity index (χ1) is 25.9. The first kappa shape index (κ1) is 39.5. The third kappa shape index (κ3) is 9.71. The Morgan fingerprint density at radius 3 is 2.43 bits per heavy atom. The quantitative estimate of drug-likeness (QED) is 0.103. The maximum atomic E-state index is 14.3. The van der Waals surface area contributed by atoms with Crippen LogP contribution in [0, 0.1) is 0 Å². The summed E-state index contributed by atoms with van der Waals surface area (Å²) in [5, 5.41) is 3.72. The van der Waals surface area contributed by atoms with Gasteiger partial charge in [-0.15, -0.1) is 23.5 Å². The van der Waals surface area contributed by atoms with E-state index in [0.717, 1.165) is 24.0 Å². The number of allylic oxidation sites excluding steroid dienone is 1. The zero-order chi connectivity index (χ0) is 38.4. The SMILES string of the molecule is CC(SCC1=C(C(=O)OC(c2ccccc2)c2ccccc2)N2C(=O)C(NC(=O)CC3=C/S(=N\OC4C=CCC4)C(N)=N3)C2SC1)C(=O)NOC(C)(C)C. The predicted octanol–water partition coefficient (Wildman–Crippen LogP) is 4.95. The molecule has 6 rings (SSSR count). The summed E-state index contributed by atoms with van der Waals surface area (Å²) >= 11 is 2.75. The summed E-state index contributed by atoms with van der Waals surface area (Å²) in [6.07, 6.45) is 4.82. The fourth-order valence-electron chi connectivity index (χ4n) is 5.85. The van der Waals surface area contributed by atoms with Crippen LogP contribution >= 0.6 is 23.5 Å². The highest BCUT2D eigenvalue weighted by Gasteiger charge is 2.54. The number of hydroxylamine groups is 1. The van der Waals surface area contributed by atoms with Gasteiger partial charge in [-0.25, -0.2) is 20.1 Å². The van der Waals surface area contributed by atoms with Crippen LogP contribution in [0.2, 0.25) is 0 Å². The van der Waals surface area contributed by atoms with Crippen molar-refractivity contribution in [2.24, 2.45) is 15.3 Å². The van der Waals surface area contributed by atoms with E-state index in [1.165, 1.54) is 28.4 Å². The summed E-state index contributed by atoms with van der Waals surface area (Å²) in [4.78, 5) is 71.0. The average molecular weight is 793 g/mol. The molecule has 0 aromatic heterocycles. The third-order valence-electron chi connectivity index (χ3n) is 8.61. The number of benzene rings is 2. The summed E-state index contributed by atoms with van der Waals surface area (Å²) in [5.41, 5.74) is 10.7. The van der Waals surface area contributed by atoms with Gasteiger partial charge in [-0.3, -0.25) is 24.1 Å². The van der Waals surface area contributed by atoms with E-state index in [2.05, 4.69) is 20.3 Å². The molecule has 1 saturated heterocycles. The minimum Gasteiger partial charge on any atom is -0.448 e. The number of amidine groups is 1. The van der Waals surface area contributed by atoms with Gasteiger partial charge in [0.05, 0.1) is 23.0 Å². The van der Waals surface area contributed by atoms with E-state index >= 15 is 0 Å². The highest BCUT2D eigenvalue weighted by atomic mass is 32.2. The molecule has 13 nitrogen and oxygen atoms in total. The number of rotatable bonds is 14. The van der Waals surface area contributed by atoms with E-state index in [9.17, 15) is 19.2 Å². The van der Waals surface area contributed by atoms with Crippen LogP contribution in [0.5, 0.6) is 0 Å². The van der Waals surface area contributed by atoms with Crippen LogP contribution in [0.25, 0.3) is 0 Å². The Bertz CT molecular complexity index is 1870. The molecule has 2 aromatic rings. The second kappa shape index (κ2) is 17.5. The van der Waals surface area contributed by atoms with Gasteiger partial charge in [0.25, 0.3) is 11.8 Å². The highest BCUT2D eigenvalue weighted by Crippen LogP contribution is 2.42. The Morgan fingerprint density at radius 2 is 1.80 bits per heavy atom. The van der Waals surface area contributed by atoms with Crippen LogP contribution < -0.4 is 16.5 Å². The highest BCUT2D eigenvalue weighted by molar-refractivity contribution is 8.05. The van der Waals surface area contributed by atoms with Crippen molar-refractivity contribution in [1.82, 2.24) is 15.7 Å². The van der Waals surface area contributed by atoms with Crippen LogP contribution in [0.3, 0.4) is 0 Å². The molecule has 4 N–H and O–H groups in total. The number of esters is 1. The van der Waals surface area contributed by atoms with Crippen molar-refractivity contribution in [2.75, 3.05) is 11.5 Å². The van der Waals surface area contributed by atoms with E-state index in [1.54, 1.807) is 12.3 Å². The number of carbonyl (C=O) groups is 4. The Balaban J connectivity index is 1.18. The summed E-state index contributed by atoms with van der Waals surface area (Å²) < 4.78 is 10.5. The topological polar surface area (TPSA) is 174 Å². The van der Waals surface area contributed by atoms with Crippen molar-refractivity contribution in [2.45, 2.75) is 81.4 Å². The molecule has 0 bridgehead atoms. The monoisotopic (exact) mass is 792 g/mol. The lowest BCUT2D eigenvalue weighted by Gasteiger charge is -2.50. The Hall–Kier alpha value is -4.22. The first-order valence-corrected chi connectivity index (χ1v) is 20.9. The Morgan fingerprint density at radius 1 is 1.11 bits per heavy atom. The first-order valence-electron chi connectivity index (χ1n) is 17.6. The number of ether oxygens (including phenoxy) is 1. The molecule has 0 spiro atoms. The molecule has 54 heavy (non-hydrogen) atoms. The maximum absolute atomic E-state index is 14.3. The second-order valence-electron chi connectivity index (χ2n) is 13.9. The fourth-order valence-corrected chi connectivity index (χ4v) is 9.26. The lowest BCUT2D eigenvalue weighted by molar-refractivity contribution is -0.154. The molecule has 5 atom stereocenters. The molecule has 2 aromatic carbocycles. The minimum absolute atomic E-state index is 0.0968.